The molecular weight excluding hydrogens is 252 g/mol. The van der Waals surface area contributed by atoms with E-state index < -0.39 is 0 Å². The summed E-state index contributed by atoms with van der Waals surface area (Å²) in [5.74, 6) is -0.285. The van der Waals surface area contributed by atoms with Crippen LogP contribution in [0.25, 0.3) is 0 Å². The zero-order valence-electron chi connectivity index (χ0n) is 11.8. The molecule has 0 radical (unpaired) electrons. The molecule has 0 aliphatic carbocycles. The fraction of sp³-hybridized carbons (Fsp3) is 0.846. The van der Waals surface area contributed by atoms with Gasteiger partial charge in [0.05, 0.1) is 0 Å². The van der Waals surface area contributed by atoms with Crippen molar-refractivity contribution in [1.29, 1.82) is 0 Å². The zero-order chi connectivity index (χ0) is 14.3. The molecule has 0 aromatic rings. The van der Waals surface area contributed by atoms with Crippen molar-refractivity contribution < 1.29 is 28.5 Å². The number of carbonyl (C=O) groups is 2. The van der Waals surface area contributed by atoms with Gasteiger partial charge in [-0.05, 0) is 26.2 Å². The molecule has 6 heteroatoms. The molecule has 0 aliphatic rings. The highest BCUT2D eigenvalue weighted by molar-refractivity contribution is 5.76. The molecule has 0 spiro atoms. The van der Waals surface area contributed by atoms with Gasteiger partial charge in [0.15, 0.2) is 13.6 Å². The molecule has 0 rings (SSSR count). The van der Waals surface area contributed by atoms with Crippen LogP contribution < -0.4 is 0 Å². The summed E-state index contributed by atoms with van der Waals surface area (Å²) < 4.78 is 19.8. The minimum absolute atomic E-state index is 0.0749. The first-order valence-corrected chi connectivity index (χ1v) is 6.46. The van der Waals surface area contributed by atoms with Crippen molar-refractivity contribution in [2.45, 2.75) is 39.0 Å². The Kier molecular flexibility index (Phi) is 12.8. The minimum Gasteiger partial charge on any atom is -0.438 e. The molecule has 0 N–H and O–H groups in total. The van der Waals surface area contributed by atoms with Gasteiger partial charge in [0, 0.05) is 33.2 Å². The standard InChI is InChI=1S/C13H24O6/c1-12(14)6-5-7-13(15)19-11-18-10-17-9-4-3-8-16-2/h3-11H2,1-2H3. The molecule has 0 heterocycles. The normalized spacial score (nSPS) is 10.4. The van der Waals surface area contributed by atoms with Crippen LogP contribution in [0.15, 0.2) is 0 Å². The quantitative estimate of drug-likeness (QED) is 0.289. The van der Waals surface area contributed by atoms with Gasteiger partial charge in [0.25, 0.3) is 0 Å². The molecule has 0 aliphatic heterocycles. The van der Waals surface area contributed by atoms with Crippen molar-refractivity contribution in [1.82, 2.24) is 0 Å². The lowest BCUT2D eigenvalue weighted by atomic mass is 10.2. The second kappa shape index (κ2) is 13.5. The van der Waals surface area contributed by atoms with E-state index in [9.17, 15) is 9.59 Å². The van der Waals surface area contributed by atoms with E-state index in [1.807, 2.05) is 0 Å². The van der Waals surface area contributed by atoms with Crippen molar-refractivity contribution in [3.8, 4) is 0 Å². The molecule has 0 bridgehead atoms. The van der Waals surface area contributed by atoms with Crippen molar-refractivity contribution in [3.63, 3.8) is 0 Å². The van der Waals surface area contributed by atoms with Crippen LogP contribution in [0.2, 0.25) is 0 Å². The first-order chi connectivity index (χ1) is 9.16. The lowest BCUT2D eigenvalue weighted by molar-refractivity contribution is -0.168. The molecule has 0 saturated heterocycles. The van der Waals surface area contributed by atoms with Gasteiger partial charge in [0.1, 0.15) is 5.78 Å². The molecular formula is C13H24O6. The molecule has 0 amide bonds. The molecule has 0 unspecified atom stereocenters. The minimum atomic E-state index is -0.360. The summed E-state index contributed by atoms with van der Waals surface area (Å²) >= 11 is 0. The number of rotatable bonds is 13. The number of ketones is 1. The Bertz CT molecular complexity index is 241. The monoisotopic (exact) mass is 276 g/mol. The summed E-state index contributed by atoms with van der Waals surface area (Å²) in [6.07, 6.45) is 3.01. The average molecular weight is 276 g/mol. The molecule has 0 aromatic carbocycles. The maximum absolute atomic E-state index is 11.2. The molecule has 19 heavy (non-hydrogen) atoms. The van der Waals surface area contributed by atoms with Crippen LogP contribution in [0.1, 0.15) is 39.0 Å². The third-order valence-electron chi connectivity index (χ3n) is 2.27. The molecule has 0 aromatic heterocycles. The van der Waals surface area contributed by atoms with Crippen LogP contribution in [-0.2, 0) is 28.5 Å². The van der Waals surface area contributed by atoms with Crippen molar-refractivity contribution >= 4 is 11.8 Å². The highest BCUT2D eigenvalue weighted by Crippen LogP contribution is 1.98. The Morgan fingerprint density at radius 3 is 2.32 bits per heavy atom. The third kappa shape index (κ3) is 15.0. The molecule has 0 saturated carbocycles. The van der Waals surface area contributed by atoms with Gasteiger partial charge >= 0.3 is 5.97 Å². The van der Waals surface area contributed by atoms with E-state index in [4.69, 9.17) is 18.9 Å². The van der Waals surface area contributed by atoms with E-state index in [0.717, 1.165) is 19.4 Å². The van der Waals surface area contributed by atoms with Gasteiger partial charge in [0.2, 0.25) is 0 Å². The summed E-state index contributed by atoms with van der Waals surface area (Å²) in [5, 5.41) is 0. The van der Waals surface area contributed by atoms with Crippen LogP contribution >= 0.6 is 0 Å². The first-order valence-electron chi connectivity index (χ1n) is 6.46. The Morgan fingerprint density at radius 1 is 0.895 bits per heavy atom. The van der Waals surface area contributed by atoms with E-state index >= 15 is 0 Å². The average Bonchev–Trinajstić information content (AvgIpc) is 2.36. The van der Waals surface area contributed by atoms with Gasteiger partial charge in [-0.1, -0.05) is 0 Å². The second-order valence-electron chi connectivity index (χ2n) is 4.12. The molecule has 6 nitrogen and oxygen atoms in total. The van der Waals surface area contributed by atoms with Crippen molar-refractivity contribution in [2.24, 2.45) is 0 Å². The van der Waals surface area contributed by atoms with Gasteiger partial charge in [-0.25, -0.2) is 0 Å². The van der Waals surface area contributed by atoms with E-state index in [2.05, 4.69) is 0 Å². The van der Waals surface area contributed by atoms with E-state index in [1.54, 1.807) is 7.11 Å². The Labute approximate surface area is 114 Å². The van der Waals surface area contributed by atoms with E-state index in [0.29, 0.717) is 19.4 Å². The van der Waals surface area contributed by atoms with Gasteiger partial charge in [-0.2, -0.15) is 0 Å². The maximum atomic E-state index is 11.2. The van der Waals surface area contributed by atoms with Crippen LogP contribution in [-0.4, -0.2) is 45.7 Å². The highest BCUT2D eigenvalue weighted by atomic mass is 16.7. The van der Waals surface area contributed by atoms with E-state index in [-0.39, 0.29) is 31.8 Å². The smallest absolute Gasteiger partial charge is 0.307 e. The third-order valence-corrected chi connectivity index (χ3v) is 2.27. The van der Waals surface area contributed by atoms with Crippen LogP contribution in [0.3, 0.4) is 0 Å². The van der Waals surface area contributed by atoms with E-state index in [1.165, 1.54) is 6.92 Å². The molecule has 0 atom stereocenters. The number of methoxy groups -OCH3 is 1. The molecule has 112 valence electrons. The van der Waals surface area contributed by atoms with Crippen LogP contribution in [0.5, 0.6) is 0 Å². The Morgan fingerprint density at radius 2 is 1.63 bits per heavy atom. The number of unbranched alkanes of at least 4 members (excludes halogenated alkanes) is 1. The highest BCUT2D eigenvalue weighted by Gasteiger charge is 2.03. The molecule has 0 fully saturated rings. The summed E-state index contributed by atoms with van der Waals surface area (Å²) in [6, 6.07) is 0. The van der Waals surface area contributed by atoms with Gasteiger partial charge in [-0.3, -0.25) is 4.79 Å². The summed E-state index contributed by atoms with van der Waals surface area (Å²) in [7, 11) is 1.66. The summed E-state index contributed by atoms with van der Waals surface area (Å²) in [6.45, 7) is 2.81. The summed E-state index contributed by atoms with van der Waals surface area (Å²) in [4.78, 5) is 21.8. The summed E-state index contributed by atoms with van der Waals surface area (Å²) in [5.41, 5.74) is 0. The number of hydrogen-bond acceptors (Lipinski definition) is 6. The topological polar surface area (TPSA) is 71.1 Å². The predicted octanol–water partition coefficient (Wildman–Crippen LogP) is 1.66. The van der Waals surface area contributed by atoms with Crippen LogP contribution in [0.4, 0.5) is 0 Å². The number of hydrogen-bond donors (Lipinski definition) is 0. The SMILES string of the molecule is COCCCCOCOCOC(=O)CCCC(C)=O. The number of ether oxygens (including phenoxy) is 4. The number of Topliss-reactive ketones (excluding diaryl/α,β-unsaturated/α-hetero) is 1. The maximum Gasteiger partial charge on any atom is 0.307 e. The number of carbonyl (C=O) groups excluding carboxylic acids is 2. The Hall–Kier alpha value is -0.980. The zero-order valence-corrected chi connectivity index (χ0v) is 11.8. The van der Waals surface area contributed by atoms with Crippen molar-refractivity contribution in [2.75, 3.05) is 33.9 Å². The first kappa shape index (κ1) is 18.0. The van der Waals surface area contributed by atoms with Gasteiger partial charge in [-0.15, -0.1) is 0 Å². The van der Waals surface area contributed by atoms with Crippen LogP contribution in [0, 0.1) is 0 Å². The predicted molar refractivity (Wildman–Crippen MR) is 68.5 cm³/mol. The Balaban J connectivity index is 3.16. The van der Waals surface area contributed by atoms with Crippen molar-refractivity contribution in [3.05, 3.63) is 0 Å². The second-order valence-corrected chi connectivity index (χ2v) is 4.12. The largest absolute Gasteiger partial charge is 0.438 e. The lowest BCUT2D eigenvalue weighted by Gasteiger charge is -2.06. The van der Waals surface area contributed by atoms with Gasteiger partial charge < -0.3 is 23.7 Å². The fourth-order valence-corrected chi connectivity index (χ4v) is 1.26. The number of esters is 1. The lowest BCUT2D eigenvalue weighted by Crippen LogP contribution is -2.11. The fourth-order valence-electron chi connectivity index (χ4n) is 1.26.